The summed E-state index contributed by atoms with van der Waals surface area (Å²) in [5.41, 5.74) is 5.18. The van der Waals surface area contributed by atoms with Crippen molar-refractivity contribution in [2.24, 2.45) is 0 Å². The zero-order chi connectivity index (χ0) is 22.3. The molecule has 7 heteroatoms. The number of nitrogens with zero attached hydrogens (tertiary/aromatic N) is 1. The lowest BCUT2D eigenvalue weighted by Crippen LogP contribution is -2.32. The Bertz CT molecular complexity index is 1110. The number of carbonyl (C=O) groups is 2. The van der Waals surface area contributed by atoms with Gasteiger partial charge in [0, 0.05) is 28.2 Å². The van der Waals surface area contributed by atoms with Gasteiger partial charge in [0.2, 0.25) is 0 Å². The van der Waals surface area contributed by atoms with Crippen LogP contribution in [0.3, 0.4) is 0 Å². The van der Waals surface area contributed by atoms with Gasteiger partial charge in [-0.3, -0.25) is 0 Å². The highest BCUT2D eigenvalue weighted by molar-refractivity contribution is 7.99. The summed E-state index contributed by atoms with van der Waals surface area (Å²) in [6.07, 6.45) is 0. The second-order valence-electron chi connectivity index (χ2n) is 7.47. The Morgan fingerprint density at radius 2 is 1.48 bits per heavy atom. The minimum absolute atomic E-state index is 0.406. The maximum atomic E-state index is 12.7. The highest BCUT2D eigenvalue weighted by Gasteiger charge is 2.38. The van der Waals surface area contributed by atoms with Crippen molar-refractivity contribution in [1.82, 2.24) is 5.32 Å². The van der Waals surface area contributed by atoms with Crippen molar-refractivity contribution in [2.45, 2.75) is 29.6 Å². The molecule has 160 valence electrons. The van der Waals surface area contributed by atoms with Gasteiger partial charge in [0.1, 0.15) is 0 Å². The fraction of sp³-hybridized carbons (Fsp3) is 0.250. The van der Waals surface area contributed by atoms with Crippen LogP contribution in [-0.4, -0.2) is 33.2 Å². The molecule has 0 bridgehead atoms. The minimum atomic E-state index is -0.588. The Hall–Kier alpha value is -3.19. The molecule has 0 radical (unpaired) electrons. The Morgan fingerprint density at radius 3 is 2.10 bits per heavy atom. The molecule has 31 heavy (non-hydrogen) atoms. The third-order valence-corrected chi connectivity index (χ3v) is 6.81. The zero-order valence-electron chi connectivity index (χ0n) is 18.1. The molecule has 0 saturated carbocycles. The van der Waals surface area contributed by atoms with E-state index in [1.54, 1.807) is 11.8 Å². The minimum Gasteiger partial charge on any atom is -0.466 e. The molecule has 0 aromatic heterocycles. The number of hydrogen-bond donors (Lipinski definition) is 1. The molecule has 4 rings (SSSR count). The average Bonchev–Trinajstić information content (AvgIpc) is 2.77. The van der Waals surface area contributed by atoms with Crippen molar-refractivity contribution in [3.05, 3.63) is 70.6 Å². The number of nitrogens with one attached hydrogen (secondary N) is 1. The van der Waals surface area contributed by atoms with Gasteiger partial charge in [-0.1, -0.05) is 30.0 Å². The molecule has 2 heterocycles. The number of fused-ring (bicyclic) bond motifs is 2. The average molecular weight is 437 g/mol. The number of rotatable bonds is 3. The molecule has 2 aliphatic heterocycles. The van der Waals surface area contributed by atoms with Crippen molar-refractivity contribution in [1.29, 1.82) is 0 Å². The largest absolute Gasteiger partial charge is 0.466 e. The van der Waals surface area contributed by atoms with Gasteiger partial charge in [0.25, 0.3) is 0 Å². The number of hydrogen-bond acceptors (Lipinski definition) is 7. The number of ether oxygens (including phenoxy) is 2. The van der Waals surface area contributed by atoms with Crippen LogP contribution in [0.5, 0.6) is 0 Å². The van der Waals surface area contributed by atoms with E-state index in [0.29, 0.717) is 22.5 Å². The summed E-state index contributed by atoms with van der Waals surface area (Å²) in [5.74, 6) is -1.54. The molecule has 0 atom stereocenters. The van der Waals surface area contributed by atoms with Crippen LogP contribution in [0.1, 0.15) is 25.3 Å². The van der Waals surface area contributed by atoms with Crippen molar-refractivity contribution in [3.63, 3.8) is 0 Å². The Morgan fingerprint density at radius 1 is 0.903 bits per heavy atom. The van der Waals surface area contributed by atoms with E-state index >= 15 is 0 Å². The smallest absolute Gasteiger partial charge is 0.336 e. The number of methoxy groups -OCH3 is 2. The van der Waals surface area contributed by atoms with Crippen LogP contribution in [0.4, 0.5) is 11.4 Å². The third kappa shape index (κ3) is 3.49. The van der Waals surface area contributed by atoms with Gasteiger partial charge in [0.05, 0.1) is 42.7 Å². The third-order valence-electron chi connectivity index (χ3n) is 5.70. The first-order valence-electron chi connectivity index (χ1n) is 9.87. The maximum absolute atomic E-state index is 12.7. The molecule has 2 aromatic carbocycles. The number of esters is 2. The lowest BCUT2D eigenvalue weighted by molar-refractivity contribution is -0.137. The predicted molar refractivity (Wildman–Crippen MR) is 120 cm³/mol. The Kier molecular flexibility index (Phi) is 5.54. The van der Waals surface area contributed by atoms with Gasteiger partial charge in [-0.25, -0.2) is 9.59 Å². The van der Waals surface area contributed by atoms with Crippen molar-refractivity contribution < 1.29 is 19.1 Å². The summed E-state index contributed by atoms with van der Waals surface area (Å²) in [6, 6.07) is 14.3. The lowest BCUT2D eigenvalue weighted by Gasteiger charge is -2.32. The SMILES string of the molecule is COC(=O)C1=C(C)NC(C)=C(C(=O)OC)C1c1ccc2c(c1)Sc1ccccc1N2C. The van der Waals surface area contributed by atoms with Crippen LogP contribution < -0.4 is 10.2 Å². The fourth-order valence-electron chi connectivity index (χ4n) is 4.23. The first kappa shape index (κ1) is 21.1. The number of anilines is 2. The number of para-hydroxylation sites is 1. The van der Waals surface area contributed by atoms with E-state index in [4.69, 9.17) is 9.47 Å². The number of allylic oxidation sites excluding steroid dienone is 2. The molecule has 2 aliphatic rings. The molecule has 0 unspecified atom stereocenters. The Labute approximate surface area is 185 Å². The molecular weight excluding hydrogens is 412 g/mol. The molecule has 2 aromatic rings. The molecule has 1 N–H and O–H groups in total. The van der Waals surface area contributed by atoms with Gasteiger partial charge in [0.15, 0.2) is 0 Å². The van der Waals surface area contributed by atoms with Gasteiger partial charge >= 0.3 is 11.9 Å². The highest BCUT2D eigenvalue weighted by atomic mass is 32.2. The van der Waals surface area contributed by atoms with Crippen molar-refractivity contribution >= 4 is 35.1 Å². The summed E-state index contributed by atoms with van der Waals surface area (Å²) >= 11 is 1.67. The van der Waals surface area contributed by atoms with Gasteiger partial charge < -0.3 is 19.7 Å². The normalized spacial score (nSPS) is 15.8. The van der Waals surface area contributed by atoms with Crippen LogP contribution in [0.15, 0.2) is 74.8 Å². The Balaban J connectivity index is 1.87. The molecular formula is C24H24N2O4S. The van der Waals surface area contributed by atoms with Crippen LogP contribution >= 0.6 is 11.8 Å². The molecule has 6 nitrogen and oxygen atoms in total. The molecule has 0 aliphatic carbocycles. The fourth-order valence-corrected chi connectivity index (χ4v) is 5.42. The molecule has 0 amide bonds. The molecule has 0 fully saturated rings. The van der Waals surface area contributed by atoms with Gasteiger partial charge in [-0.2, -0.15) is 0 Å². The van der Waals surface area contributed by atoms with E-state index in [1.165, 1.54) is 14.2 Å². The summed E-state index contributed by atoms with van der Waals surface area (Å²) < 4.78 is 10.1. The number of carbonyl (C=O) groups excluding carboxylic acids is 2. The van der Waals surface area contributed by atoms with E-state index in [0.717, 1.165) is 26.7 Å². The summed E-state index contributed by atoms with van der Waals surface area (Å²) in [4.78, 5) is 29.8. The highest BCUT2D eigenvalue weighted by Crippen LogP contribution is 2.49. The first-order valence-corrected chi connectivity index (χ1v) is 10.7. The van der Waals surface area contributed by atoms with Gasteiger partial charge in [-0.05, 0) is 43.7 Å². The van der Waals surface area contributed by atoms with Crippen molar-refractivity contribution in [2.75, 3.05) is 26.2 Å². The summed E-state index contributed by atoms with van der Waals surface area (Å²) in [5, 5.41) is 3.14. The number of benzene rings is 2. The van der Waals surface area contributed by atoms with Crippen LogP contribution in [0.25, 0.3) is 0 Å². The van der Waals surface area contributed by atoms with E-state index in [2.05, 4.69) is 28.4 Å². The quantitative estimate of drug-likeness (QED) is 0.711. The predicted octanol–water partition coefficient (Wildman–Crippen LogP) is 4.50. The second-order valence-corrected chi connectivity index (χ2v) is 8.56. The second kappa shape index (κ2) is 8.15. The monoisotopic (exact) mass is 436 g/mol. The van der Waals surface area contributed by atoms with Crippen LogP contribution in [0, 0.1) is 0 Å². The van der Waals surface area contributed by atoms with Crippen LogP contribution in [-0.2, 0) is 19.1 Å². The van der Waals surface area contributed by atoms with E-state index < -0.39 is 17.9 Å². The maximum Gasteiger partial charge on any atom is 0.336 e. The molecule has 0 spiro atoms. The topological polar surface area (TPSA) is 67.9 Å². The van der Waals surface area contributed by atoms with Gasteiger partial charge in [-0.15, -0.1) is 0 Å². The summed E-state index contributed by atoms with van der Waals surface area (Å²) in [7, 11) is 4.73. The summed E-state index contributed by atoms with van der Waals surface area (Å²) in [6.45, 7) is 3.63. The lowest BCUT2D eigenvalue weighted by atomic mass is 9.80. The van der Waals surface area contributed by atoms with Crippen molar-refractivity contribution in [3.8, 4) is 0 Å². The first-order chi connectivity index (χ1) is 14.9. The number of dihydropyridines is 1. The molecule has 0 saturated heterocycles. The van der Waals surface area contributed by atoms with E-state index in [1.807, 2.05) is 45.2 Å². The standard InChI is InChI=1S/C24H24N2O4S/c1-13-20(23(27)29-4)22(21(14(2)25-13)24(28)30-5)15-10-11-17-19(12-15)31-18-9-7-6-8-16(18)26(17)3/h6-12,22,25H,1-5H3. The van der Waals surface area contributed by atoms with Crippen LogP contribution in [0.2, 0.25) is 0 Å². The van der Waals surface area contributed by atoms with E-state index in [9.17, 15) is 9.59 Å². The zero-order valence-corrected chi connectivity index (χ0v) is 18.9. The van der Waals surface area contributed by atoms with E-state index in [-0.39, 0.29) is 0 Å².